The smallest absolute Gasteiger partial charge is 0.326 e. The number of aryl methyl sites for hydroxylation is 2. The molecule has 0 unspecified atom stereocenters. The quantitative estimate of drug-likeness (QED) is 0.842. The van der Waals surface area contributed by atoms with Crippen LogP contribution in [0.25, 0.3) is 0 Å². The Bertz CT molecular complexity index is 448. The van der Waals surface area contributed by atoms with Crippen molar-refractivity contribution in [2.24, 2.45) is 5.92 Å². The van der Waals surface area contributed by atoms with Gasteiger partial charge in [0.15, 0.2) is 0 Å². The number of carbonyl (C=O) groups is 2. The van der Waals surface area contributed by atoms with Gasteiger partial charge in [-0.25, -0.2) is 4.79 Å². The summed E-state index contributed by atoms with van der Waals surface area (Å²) in [5.74, 6) is -0.0991. The van der Waals surface area contributed by atoms with Crippen LogP contribution >= 0.6 is 0 Å². The van der Waals surface area contributed by atoms with Crippen molar-refractivity contribution in [3.63, 3.8) is 0 Å². The van der Waals surface area contributed by atoms with E-state index in [0.717, 1.165) is 0 Å². The molecular weight excluding hydrogens is 234 g/mol. The van der Waals surface area contributed by atoms with Gasteiger partial charge in [-0.1, -0.05) is 13.8 Å². The van der Waals surface area contributed by atoms with E-state index in [1.54, 1.807) is 19.9 Å². The van der Waals surface area contributed by atoms with E-state index in [2.05, 4.69) is 5.32 Å². The van der Waals surface area contributed by atoms with Gasteiger partial charge < -0.3 is 14.8 Å². The van der Waals surface area contributed by atoms with E-state index in [9.17, 15) is 9.59 Å². The highest BCUT2D eigenvalue weighted by molar-refractivity contribution is 5.97. The average molecular weight is 253 g/mol. The number of rotatable bonds is 5. The molecule has 100 valence electrons. The van der Waals surface area contributed by atoms with Gasteiger partial charge in [0.05, 0.1) is 5.56 Å². The third-order valence-electron chi connectivity index (χ3n) is 2.60. The minimum atomic E-state index is -1.02. The Labute approximate surface area is 106 Å². The van der Waals surface area contributed by atoms with Crippen LogP contribution in [0.1, 0.15) is 42.1 Å². The predicted molar refractivity (Wildman–Crippen MR) is 66.5 cm³/mol. The second kappa shape index (κ2) is 5.71. The van der Waals surface area contributed by atoms with E-state index in [-0.39, 0.29) is 5.92 Å². The predicted octanol–water partition coefficient (Wildman–Crippen LogP) is 2.13. The molecule has 18 heavy (non-hydrogen) atoms. The van der Waals surface area contributed by atoms with Crippen molar-refractivity contribution >= 4 is 11.9 Å². The van der Waals surface area contributed by atoms with Gasteiger partial charge in [0.1, 0.15) is 17.6 Å². The minimum absolute atomic E-state index is 0.193. The molecule has 0 fully saturated rings. The van der Waals surface area contributed by atoms with Gasteiger partial charge in [-0.2, -0.15) is 0 Å². The molecule has 0 spiro atoms. The molecular formula is C13H19NO4. The summed E-state index contributed by atoms with van der Waals surface area (Å²) in [7, 11) is 0. The highest BCUT2D eigenvalue weighted by atomic mass is 16.4. The van der Waals surface area contributed by atoms with Crippen molar-refractivity contribution in [3.8, 4) is 0 Å². The van der Waals surface area contributed by atoms with Gasteiger partial charge in [0, 0.05) is 0 Å². The number of carboxylic acid groups (broad SMARTS) is 1. The second-order valence-corrected chi connectivity index (χ2v) is 4.82. The molecule has 2 N–H and O–H groups in total. The normalized spacial score (nSPS) is 12.5. The number of furan rings is 1. The average Bonchev–Trinajstić information content (AvgIpc) is 2.56. The Balaban J connectivity index is 2.78. The first-order valence-electron chi connectivity index (χ1n) is 5.92. The van der Waals surface area contributed by atoms with Gasteiger partial charge in [0.2, 0.25) is 0 Å². The Morgan fingerprint density at radius 1 is 1.39 bits per heavy atom. The van der Waals surface area contributed by atoms with Crippen molar-refractivity contribution in [2.75, 3.05) is 0 Å². The standard InChI is InChI=1S/C13H19NO4/c1-7(2)5-11(13(16)17)14-12(15)10-6-8(3)18-9(10)4/h6-7,11H,5H2,1-4H3,(H,14,15)(H,16,17)/t11-/m0/s1. The molecule has 0 saturated heterocycles. The van der Waals surface area contributed by atoms with Crippen LogP contribution in [-0.2, 0) is 4.79 Å². The SMILES string of the molecule is Cc1cc(C(=O)N[C@@H](CC(C)C)C(=O)O)c(C)o1. The summed E-state index contributed by atoms with van der Waals surface area (Å²) in [6.45, 7) is 7.25. The molecule has 5 nitrogen and oxygen atoms in total. The third kappa shape index (κ3) is 3.61. The van der Waals surface area contributed by atoms with Crippen LogP contribution in [-0.4, -0.2) is 23.0 Å². The minimum Gasteiger partial charge on any atom is -0.480 e. The van der Waals surface area contributed by atoms with Gasteiger partial charge in [-0.3, -0.25) is 4.79 Å². The Kier molecular flexibility index (Phi) is 4.53. The molecule has 1 rings (SSSR count). The zero-order chi connectivity index (χ0) is 13.9. The van der Waals surface area contributed by atoms with Gasteiger partial charge in [-0.15, -0.1) is 0 Å². The molecule has 1 aromatic heterocycles. The molecule has 0 saturated carbocycles. The number of hydrogen-bond acceptors (Lipinski definition) is 3. The van der Waals surface area contributed by atoms with E-state index < -0.39 is 17.9 Å². The zero-order valence-corrected chi connectivity index (χ0v) is 11.1. The molecule has 1 heterocycles. The van der Waals surface area contributed by atoms with E-state index in [1.165, 1.54) is 0 Å². The summed E-state index contributed by atoms with van der Waals surface area (Å²) >= 11 is 0. The van der Waals surface area contributed by atoms with Crippen LogP contribution in [0.2, 0.25) is 0 Å². The Hall–Kier alpha value is -1.78. The topological polar surface area (TPSA) is 79.5 Å². The summed E-state index contributed by atoms with van der Waals surface area (Å²) in [5.41, 5.74) is 0.391. The fourth-order valence-electron chi connectivity index (χ4n) is 1.79. The van der Waals surface area contributed by atoms with Crippen LogP contribution in [0.5, 0.6) is 0 Å². The molecule has 0 aliphatic heterocycles. The molecule has 1 amide bonds. The van der Waals surface area contributed by atoms with Crippen molar-refractivity contribution < 1.29 is 19.1 Å². The van der Waals surface area contributed by atoms with E-state index in [1.807, 2.05) is 13.8 Å². The lowest BCUT2D eigenvalue weighted by Gasteiger charge is -2.16. The molecule has 0 aliphatic rings. The lowest BCUT2D eigenvalue weighted by molar-refractivity contribution is -0.139. The van der Waals surface area contributed by atoms with Crippen LogP contribution in [0.3, 0.4) is 0 Å². The van der Waals surface area contributed by atoms with Crippen LogP contribution in [0.15, 0.2) is 10.5 Å². The number of aliphatic carboxylic acids is 1. The molecule has 0 aromatic carbocycles. The number of hydrogen-bond donors (Lipinski definition) is 2. The van der Waals surface area contributed by atoms with Crippen LogP contribution in [0.4, 0.5) is 0 Å². The maximum atomic E-state index is 11.9. The van der Waals surface area contributed by atoms with Crippen molar-refractivity contribution in [1.82, 2.24) is 5.32 Å². The molecule has 1 aromatic rings. The van der Waals surface area contributed by atoms with Crippen molar-refractivity contribution in [3.05, 3.63) is 23.2 Å². The summed E-state index contributed by atoms with van der Waals surface area (Å²) in [6, 6.07) is 0.742. The summed E-state index contributed by atoms with van der Waals surface area (Å²) in [5, 5.41) is 11.6. The van der Waals surface area contributed by atoms with E-state index in [0.29, 0.717) is 23.5 Å². The number of carboxylic acids is 1. The van der Waals surface area contributed by atoms with Crippen molar-refractivity contribution in [1.29, 1.82) is 0 Å². The number of carbonyl (C=O) groups excluding carboxylic acids is 1. The largest absolute Gasteiger partial charge is 0.480 e. The maximum Gasteiger partial charge on any atom is 0.326 e. The number of amides is 1. The first kappa shape index (κ1) is 14.3. The Morgan fingerprint density at radius 2 is 2.00 bits per heavy atom. The molecule has 1 atom stereocenters. The molecule has 0 radical (unpaired) electrons. The summed E-state index contributed by atoms with van der Waals surface area (Å²) < 4.78 is 5.25. The maximum absolute atomic E-state index is 11.9. The molecule has 0 bridgehead atoms. The number of nitrogens with one attached hydrogen (secondary N) is 1. The second-order valence-electron chi connectivity index (χ2n) is 4.82. The molecule has 5 heteroatoms. The van der Waals surface area contributed by atoms with Gasteiger partial charge >= 0.3 is 5.97 Å². The monoisotopic (exact) mass is 253 g/mol. The highest BCUT2D eigenvalue weighted by Gasteiger charge is 2.23. The van der Waals surface area contributed by atoms with Crippen LogP contribution in [0, 0.1) is 19.8 Å². The zero-order valence-electron chi connectivity index (χ0n) is 11.1. The third-order valence-corrected chi connectivity index (χ3v) is 2.60. The Morgan fingerprint density at radius 3 is 2.39 bits per heavy atom. The fraction of sp³-hybridized carbons (Fsp3) is 0.538. The van der Waals surface area contributed by atoms with Crippen LogP contribution < -0.4 is 5.32 Å². The van der Waals surface area contributed by atoms with Gasteiger partial charge in [-0.05, 0) is 32.3 Å². The van der Waals surface area contributed by atoms with Crippen molar-refractivity contribution in [2.45, 2.75) is 40.2 Å². The lowest BCUT2D eigenvalue weighted by atomic mass is 10.0. The summed E-state index contributed by atoms with van der Waals surface area (Å²) in [6.07, 6.45) is 0.400. The molecule has 0 aliphatic carbocycles. The fourth-order valence-corrected chi connectivity index (χ4v) is 1.79. The lowest BCUT2D eigenvalue weighted by Crippen LogP contribution is -2.41. The van der Waals surface area contributed by atoms with Gasteiger partial charge in [0.25, 0.3) is 5.91 Å². The van der Waals surface area contributed by atoms with E-state index in [4.69, 9.17) is 9.52 Å². The van der Waals surface area contributed by atoms with E-state index >= 15 is 0 Å². The first-order chi connectivity index (χ1) is 8.31. The first-order valence-corrected chi connectivity index (χ1v) is 5.92. The summed E-state index contributed by atoms with van der Waals surface area (Å²) in [4.78, 5) is 23.0. The highest BCUT2D eigenvalue weighted by Crippen LogP contribution is 2.14.